The molecule has 2 heterocycles. The van der Waals surface area contributed by atoms with E-state index >= 15 is 0 Å². The molecule has 8 heteroatoms. The van der Waals surface area contributed by atoms with Crippen LogP contribution in [0.1, 0.15) is 32.6 Å². The van der Waals surface area contributed by atoms with Crippen LogP contribution in [0.25, 0.3) is 0 Å². The molecule has 4 atom stereocenters. The second-order valence-electron chi connectivity index (χ2n) is 6.44. The molecular weight excluding hydrogens is 332 g/mol. The first kappa shape index (κ1) is 19.7. The average molecular weight is 360 g/mol. The molecule has 2 aliphatic rings. The number of β-amino-alcohol motifs (C(OH)–C–C–N with tert-alkyl or cyclic N) is 1. The molecule has 0 radical (unpaired) electrons. The van der Waals surface area contributed by atoms with Crippen molar-refractivity contribution >= 4 is 23.6 Å². The summed E-state index contributed by atoms with van der Waals surface area (Å²) in [5.74, 6) is 0.663. The van der Waals surface area contributed by atoms with Gasteiger partial charge in [0, 0.05) is 25.6 Å². The predicted molar refractivity (Wildman–Crippen MR) is 91.6 cm³/mol. The van der Waals surface area contributed by atoms with E-state index in [2.05, 4.69) is 0 Å². The van der Waals surface area contributed by atoms with Gasteiger partial charge in [0.05, 0.1) is 24.1 Å². The number of imide groups is 1. The van der Waals surface area contributed by atoms with Crippen LogP contribution >= 0.6 is 11.8 Å². The number of carbonyl (C=O) groups excluding carboxylic acids is 2. The van der Waals surface area contributed by atoms with Gasteiger partial charge in [-0.3, -0.25) is 19.4 Å². The fourth-order valence-corrected chi connectivity index (χ4v) is 4.30. The number of hydrogen-bond donors (Lipinski definition) is 3. The van der Waals surface area contributed by atoms with Gasteiger partial charge in [0.25, 0.3) is 0 Å². The van der Waals surface area contributed by atoms with Crippen LogP contribution in [0, 0.1) is 0 Å². The molecule has 0 aliphatic carbocycles. The number of nitrogens with zero attached hydrogens (tertiary/aromatic N) is 2. The summed E-state index contributed by atoms with van der Waals surface area (Å²) >= 11 is 1.52. The lowest BCUT2D eigenvalue weighted by Gasteiger charge is -2.39. The molecule has 2 rings (SSSR count). The third-order valence-electron chi connectivity index (χ3n) is 4.75. The molecular formula is C16H28N2O5S. The standard InChI is InChI=1S/C16H28N2O5S/c1-2-24-14-8-15(22)18(16(14)23)6-4-3-5-17-9-13(21)12(20)7-11(17)10-19/h11-14,19-21H,2-10H2,1H3/t11-,12-,13+,14?/m0/s1. The molecule has 3 N–H and O–H groups in total. The van der Waals surface area contributed by atoms with E-state index in [0.29, 0.717) is 38.9 Å². The van der Waals surface area contributed by atoms with Crippen LogP contribution in [0.3, 0.4) is 0 Å². The van der Waals surface area contributed by atoms with Crippen molar-refractivity contribution in [1.82, 2.24) is 9.80 Å². The van der Waals surface area contributed by atoms with Crippen LogP contribution < -0.4 is 0 Å². The minimum absolute atomic E-state index is 0.0528. The Bertz CT molecular complexity index is 450. The van der Waals surface area contributed by atoms with Gasteiger partial charge in [-0.1, -0.05) is 6.92 Å². The molecule has 0 aromatic rings. The SMILES string of the molecule is CCSC1CC(=O)N(CCCCN2C[C@@H](O)[C@@H](O)C[C@H]2CO)C1=O. The van der Waals surface area contributed by atoms with Crippen molar-refractivity contribution < 1.29 is 24.9 Å². The van der Waals surface area contributed by atoms with Crippen molar-refractivity contribution in [2.45, 2.75) is 56.1 Å². The Labute approximate surface area is 147 Å². The monoisotopic (exact) mass is 360 g/mol. The highest BCUT2D eigenvalue weighted by Crippen LogP contribution is 2.25. The molecule has 2 amide bonds. The highest BCUT2D eigenvalue weighted by molar-refractivity contribution is 8.00. The van der Waals surface area contributed by atoms with Gasteiger partial charge in [-0.25, -0.2) is 0 Å². The Morgan fingerprint density at radius 3 is 2.54 bits per heavy atom. The molecule has 0 aromatic carbocycles. The van der Waals surface area contributed by atoms with Crippen LogP contribution in [0.4, 0.5) is 0 Å². The zero-order chi connectivity index (χ0) is 17.7. The highest BCUT2D eigenvalue weighted by Gasteiger charge is 2.38. The van der Waals surface area contributed by atoms with E-state index in [1.54, 1.807) is 0 Å². The molecule has 138 valence electrons. The summed E-state index contributed by atoms with van der Waals surface area (Å²) in [5.41, 5.74) is 0. The molecule has 2 fully saturated rings. The summed E-state index contributed by atoms with van der Waals surface area (Å²) in [7, 11) is 0. The fraction of sp³-hybridized carbons (Fsp3) is 0.875. The second kappa shape index (κ2) is 9.15. The minimum Gasteiger partial charge on any atom is -0.395 e. The molecule has 0 saturated carbocycles. The van der Waals surface area contributed by atoms with E-state index < -0.39 is 12.2 Å². The Balaban J connectivity index is 1.74. The van der Waals surface area contributed by atoms with Crippen LogP contribution in [0.5, 0.6) is 0 Å². The average Bonchev–Trinajstić information content (AvgIpc) is 2.81. The van der Waals surface area contributed by atoms with Gasteiger partial charge >= 0.3 is 0 Å². The minimum atomic E-state index is -0.790. The molecule has 2 saturated heterocycles. The normalized spacial score (nSPS) is 31.9. The summed E-state index contributed by atoms with van der Waals surface area (Å²) in [5, 5.41) is 28.6. The third kappa shape index (κ3) is 4.70. The largest absolute Gasteiger partial charge is 0.395 e. The molecule has 1 unspecified atom stereocenters. The van der Waals surface area contributed by atoms with Crippen molar-refractivity contribution in [3.63, 3.8) is 0 Å². The van der Waals surface area contributed by atoms with Crippen molar-refractivity contribution in [2.75, 3.05) is 32.0 Å². The molecule has 24 heavy (non-hydrogen) atoms. The van der Waals surface area contributed by atoms with Gasteiger partial charge in [-0.2, -0.15) is 0 Å². The Kier molecular flexibility index (Phi) is 7.49. The summed E-state index contributed by atoms with van der Waals surface area (Å²) in [6, 6.07) is -0.149. The highest BCUT2D eigenvalue weighted by atomic mass is 32.2. The number of amides is 2. The predicted octanol–water partition coefficient (Wildman–Crippen LogP) is -0.564. The number of unbranched alkanes of at least 4 members (excludes halogenated alkanes) is 1. The lowest BCUT2D eigenvalue weighted by Crippen LogP contribution is -2.53. The van der Waals surface area contributed by atoms with E-state index in [-0.39, 0.29) is 29.7 Å². The quantitative estimate of drug-likeness (QED) is 0.394. The van der Waals surface area contributed by atoms with E-state index in [4.69, 9.17) is 0 Å². The maximum absolute atomic E-state index is 12.2. The Morgan fingerprint density at radius 2 is 1.88 bits per heavy atom. The number of aliphatic hydroxyl groups excluding tert-OH is 3. The second-order valence-corrected chi connectivity index (χ2v) is 7.92. The van der Waals surface area contributed by atoms with Crippen molar-refractivity contribution in [3.8, 4) is 0 Å². The number of hydrogen-bond acceptors (Lipinski definition) is 7. The van der Waals surface area contributed by atoms with Gasteiger partial charge < -0.3 is 15.3 Å². The lowest BCUT2D eigenvalue weighted by atomic mass is 9.97. The van der Waals surface area contributed by atoms with Gasteiger partial charge in [-0.15, -0.1) is 11.8 Å². The van der Waals surface area contributed by atoms with Crippen molar-refractivity contribution in [2.24, 2.45) is 0 Å². The molecule has 2 aliphatic heterocycles. The van der Waals surface area contributed by atoms with Gasteiger partial charge in [0.1, 0.15) is 0 Å². The van der Waals surface area contributed by atoms with Crippen LogP contribution in [-0.2, 0) is 9.59 Å². The van der Waals surface area contributed by atoms with Crippen molar-refractivity contribution in [1.29, 1.82) is 0 Å². The zero-order valence-electron chi connectivity index (χ0n) is 14.1. The topological polar surface area (TPSA) is 101 Å². The van der Waals surface area contributed by atoms with Crippen molar-refractivity contribution in [3.05, 3.63) is 0 Å². The van der Waals surface area contributed by atoms with Gasteiger partial charge in [0.2, 0.25) is 11.8 Å². The maximum Gasteiger partial charge on any atom is 0.242 e. The van der Waals surface area contributed by atoms with Crippen LogP contribution in [0.2, 0.25) is 0 Å². The molecule has 0 aromatic heterocycles. The van der Waals surface area contributed by atoms with Gasteiger partial charge in [0.15, 0.2) is 0 Å². The zero-order valence-corrected chi connectivity index (χ0v) is 15.0. The fourth-order valence-electron chi connectivity index (χ4n) is 3.36. The summed E-state index contributed by atoms with van der Waals surface area (Å²) < 4.78 is 0. The van der Waals surface area contributed by atoms with E-state index in [9.17, 15) is 24.9 Å². The number of rotatable bonds is 8. The third-order valence-corrected chi connectivity index (χ3v) is 5.86. The number of piperidine rings is 1. The van der Waals surface area contributed by atoms with E-state index in [0.717, 1.165) is 12.2 Å². The molecule has 0 bridgehead atoms. The molecule has 7 nitrogen and oxygen atoms in total. The first-order valence-corrected chi connectivity index (χ1v) is 9.69. The van der Waals surface area contributed by atoms with E-state index in [1.165, 1.54) is 16.7 Å². The smallest absolute Gasteiger partial charge is 0.242 e. The number of likely N-dealkylation sites (tertiary alicyclic amines) is 2. The molecule has 0 spiro atoms. The van der Waals surface area contributed by atoms with Crippen LogP contribution in [0.15, 0.2) is 0 Å². The first-order valence-electron chi connectivity index (χ1n) is 8.64. The Morgan fingerprint density at radius 1 is 1.17 bits per heavy atom. The summed E-state index contributed by atoms with van der Waals surface area (Å²) in [6.07, 6.45) is 0.556. The lowest BCUT2D eigenvalue weighted by molar-refractivity contribution is -0.138. The Hall–Kier alpha value is -0.670. The number of thioether (sulfide) groups is 1. The maximum atomic E-state index is 12.2. The van der Waals surface area contributed by atoms with Gasteiger partial charge in [-0.05, 0) is 31.6 Å². The summed E-state index contributed by atoms with van der Waals surface area (Å²) in [6.45, 7) is 3.36. The number of carbonyl (C=O) groups is 2. The summed E-state index contributed by atoms with van der Waals surface area (Å²) in [4.78, 5) is 27.4. The first-order chi connectivity index (χ1) is 11.5. The van der Waals surface area contributed by atoms with Crippen LogP contribution in [-0.4, -0.2) is 92.4 Å². The number of aliphatic hydroxyl groups is 3. The van der Waals surface area contributed by atoms with E-state index in [1.807, 2.05) is 11.8 Å².